The number of hydrogen-bond donors (Lipinski definition) is 1. The van der Waals surface area contributed by atoms with Crippen molar-refractivity contribution in [2.45, 2.75) is 77.1 Å². The van der Waals surface area contributed by atoms with E-state index >= 15 is 0 Å². The van der Waals surface area contributed by atoms with Crippen LogP contribution in [0.15, 0.2) is 54.7 Å². The van der Waals surface area contributed by atoms with Crippen LogP contribution in [0.25, 0.3) is 0 Å². The average molecular weight is 639 g/mol. The van der Waals surface area contributed by atoms with Gasteiger partial charge in [0.1, 0.15) is 11.4 Å². The van der Waals surface area contributed by atoms with Gasteiger partial charge in [-0.25, -0.2) is 14.6 Å². The maximum atomic E-state index is 14.5. The molecule has 248 valence electrons. The van der Waals surface area contributed by atoms with Gasteiger partial charge < -0.3 is 24.8 Å². The minimum Gasteiger partial charge on any atom is -0.443 e. The van der Waals surface area contributed by atoms with Crippen molar-refractivity contribution in [2.24, 2.45) is 0 Å². The summed E-state index contributed by atoms with van der Waals surface area (Å²) < 4.78 is 5.73. The number of carbonyl (C=O) groups is 2. The maximum Gasteiger partial charge on any atom is 0.414 e. The zero-order valence-electron chi connectivity index (χ0n) is 28.0. The molecule has 3 aromatic rings. The number of fused-ring (bicyclic) bond motifs is 2. The molecule has 11 nitrogen and oxygen atoms in total. The number of nitrogens with one attached hydrogen (secondary N) is 1. The molecule has 1 aliphatic carbocycles. The second-order valence-corrected chi connectivity index (χ2v) is 14.2. The smallest absolute Gasteiger partial charge is 0.414 e. The molecule has 0 spiro atoms. The first-order valence-electron chi connectivity index (χ1n) is 17.0. The van der Waals surface area contributed by atoms with Crippen molar-refractivity contribution in [3.63, 3.8) is 0 Å². The lowest BCUT2D eigenvalue weighted by atomic mass is 9.94. The summed E-state index contributed by atoms with van der Waals surface area (Å²) in [7, 11) is 2.16. The topological polar surface area (TPSA) is 97.4 Å². The van der Waals surface area contributed by atoms with Crippen molar-refractivity contribution in [3.05, 3.63) is 65.9 Å². The summed E-state index contributed by atoms with van der Waals surface area (Å²) in [6.45, 7) is 10.7. The molecule has 1 aromatic heterocycles. The van der Waals surface area contributed by atoms with E-state index in [-0.39, 0.29) is 24.2 Å². The molecule has 3 amide bonds. The lowest BCUT2D eigenvalue weighted by molar-refractivity contribution is 0.0572. The molecule has 1 N–H and O–H groups in total. The van der Waals surface area contributed by atoms with E-state index in [0.29, 0.717) is 31.3 Å². The van der Waals surface area contributed by atoms with Gasteiger partial charge >= 0.3 is 12.1 Å². The molecule has 2 aromatic carbocycles. The highest BCUT2D eigenvalue weighted by molar-refractivity contribution is 5.96. The minimum atomic E-state index is -0.598. The molecule has 1 saturated carbocycles. The van der Waals surface area contributed by atoms with Crippen LogP contribution in [0, 0.1) is 0 Å². The van der Waals surface area contributed by atoms with E-state index in [9.17, 15) is 9.59 Å². The Morgan fingerprint density at radius 2 is 1.66 bits per heavy atom. The van der Waals surface area contributed by atoms with Gasteiger partial charge in [0.25, 0.3) is 0 Å². The molecular formula is C36H46N8O3. The van der Waals surface area contributed by atoms with E-state index in [1.165, 1.54) is 5.69 Å². The van der Waals surface area contributed by atoms with Gasteiger partial charge in [-0.3, -0.25) is 9.80 Å². The summed E-state index contributed by atoms with van der Waals surface area (Å²) in [5.74, 6) is 1.18. The number of nitrogens with zero attached hydrogens (tertiary/aromatic N) is 7. The molecule has 3 aliphatic heterocycles. The number of rotatable bonds is 5. The molecule has 0 radical (unpaired) electrons. The summed E-state index contributed by atoms with van der Waals surface area (Å²) in [6.07, 6.45) is 6.20. The summed E-state index contributed by atoms with van der Waals surface area (Å²) in [4.78, 5) is 47.7. The van der Waals surface area contributed by atoms with E-state index in [1.54, 1.807) is 4.90 Å². The number of anilines is 5. The van der Waals surface area contributed by atoms with Crippen LogP contribution in [0.4, 0.5) is 38.4 Å². The highest BCUT2D eigenvalue weighted by Crippen LogP contribution is 2.43. The number of carbonyl (C=O) groups excluding carboxylic acids is 2. The quantitative estimate of drug-likeness (QED) is 0.337. The third-order valence-electron chi connectivity index (χ3n) is 9.75. The normalized spacial score (nSPS) is 20.7. The number of ether oxygens (including phenoxy) is 1. The van der Waals surface area contributed by atoms with Gasteiger partial charge in [0, 0.05) is 61.9 Å². The second kappa shape index (κ2) is 12.7. The van der Waals surface area contributed by atoms with Crippen LogP contribution in [0.1, 0.15) is 70.0 Å². The molecule has 0 bridgehead atoms. The Bertz CT molecular complexity index is 1610. The van der Waals surface area contributed by atoms with Gasteiger partial charge in [-0.05, 0) is 83.0 Å². The lowest BCUT2D eigenvalue weighted by Crippen LogP contribution is -2.54. The molecule has 11 heteroatoms. The number of likely N-dealkylation sites (N-methyl/N-ethyl adjacent to an activating group) is 1. The molecular weight excluding hydrogens is 592 g/mol. The summed E-state index contributed by atoms with van der Waals surface area (Å²) in [6, 6.07) is 16.2. The number of para-hydroxylation sites is 1. The van der Waals surface area contributed by atoms with Crippen LogP contribution in [0.2, 0.25) is 0 Å². The standard InChI is InChI=1S/C36H46N8O3/c1-36(2,3)47-35(46)42-18-17-31(29-11-7-8-12-30(29)42)43-24-25-23-37-33(39-32(25)44(34(43)45)28-9-5-6-10-28)38-26-13-15-27(16-14-26)41-21-19-40(4)20-22-41/h7-8,11-16,23,28,31H,5-6,9-10,17-22,24H2,1-4H3,(H,37,38,39). The van der Waals surface area contributed by atoms with Crippen LogP contribution < -0.4 is 20.0 Å². The minimum absolute atomic E-state index is 0.0314. The van der Waals surface area contributed by atoms with Crippen LogP contribution >= 0.6 is 0 Å². The van der Waals surface area contributed by atoms with Gasteiger partial charge in [-0.15, -0.1) is 0 Å². The summed E-state index contributed by atoms with van der Waals surface area (Å²) >= 11 is 0. The van der Waals surface area contributed by atoms with Gasteiger partial charge in [0.15, 0.2) is 0 Å². The zero-order valence-corrected chi connectivity index (χ0v) is 28.0. The monoisotopic (exact) mass is 638 g/mol. The molecule has 47 heavy (non-hydrogen) atoms. The summed E-state index contributed by atoms with van der Waals surface area (Å²) in [5.41, 5.74) is 4.20. The van der Waals surface area contributed by atoms with Crippen molar-refractivity contribution in [1.29, 1.82) is 0 Å². The lowest BCUT2D eigenvalue weighted by Gasteiger charge is -2.45. The van der Waals surface area contributed by atoms with E-state index in [2.05, 4.69) is 46.4 Å². The fourth-order valence-corrected chi connectivity index (χ4v) is 7.32. The number of hydrogen-bond acceptors (Lipinski definition) is 8. The Morgan fingerprint density at radius 1 is 0.936 bits per heavy atom. The van der Waals surface area contributed by atoms with Crippen molar-refractivity contribution >= 4 is 41.0 Å². The van der Waals surface area contributed by atoms with E-state index in [4.69, 9.17) is 14.7 Å². The predicted octanol–water partition coefficient (Wildman–Crippen LogP) is 6.54. The fourth-order valence-electron chi connectivity index (χ4n) is 7.32. The highest BCUT2D eigenvalue weighted by Gasteiger charge is 2.43. The largest absolute Gasteiger partial charge is 0.443 e. The Morgan fingerprint density at radius 3 is 2.38 bits per heavy atom. The van der Waals surface area contributed by atoms with Crippen LogP contribution in [0.3, 0.4) is 0 Å². The predicted molar refractivity (Wildman–Crippen MR) is 185 cm³/mol. The van der Waals surface area contributed by atoms with Gasteiger partial charge in [0.2, 0.25) is 5.95 Å². The maximum absolute atomic E-state index is 14.5. The molecule has 7 rings (SSSR count). The van der Waals surface area contributed by atoms with Crippen LogP contribution in [0.5, 0.6) is 0 Å². The SMILES string of the molecule is CN1CCN(c2ccc(Nc3ncc4c(n3)N(C3CCCC3)C(=O)N(C3CCN(C(=O)OC(C)(C)C)c5ccccc53)C4)cc2)CC1. The number of benzene rings is 2. The highest BCUT2D eigenvalue weighted by atomic mass is 16.6. The molecule has 4 heterocycles. The van der Waals surface area contributed by atoms with Gasteiger partial charge in [-0.1, -0.05) is 31.0 Å². The van der Waals surface area contributed by atoms with Crippen LogP contribution in [-0.2, 0) is 11.3 Å². The van der Waals surface area contributed by atoms with E-state index < -0.39 is 5.60 Å². The van der Waals surface area contributed by atoms with Gasteiger partial charge in [0.05, 0.1) is 18.3 Å². The number of piperazine rings is 1. The van der Waals surface area contributed by atoms with Crippen molar-refractivity contribution in [1.82, 2.24) is 19.8 Å². The van der Waals surface area contributed by atoms with E-state index in [1.807, 2.05) is 61.0 Å². The average Bonchev–Trinajstić information content (AvgIpc) is 3.59. The first-order valence-corrected chi connectivity index (χ1v) is 17.0. The molecule has 1 saturated heterocycles. The summed E-state index contributed by atoms with van der Waals surface area (Å²) in [5, 5.41) is 3.39. The van der Waals surface area contributed by atoms with Crippen molar-refractivity contribution in [2.75, 3.05) is 59.8 Å². The Kier molecular flexibility index (Phi) is 8.42. The number of amides is 3. The third-order valence-corrected chi connectivity index (χ3v) is 9.75. The number of urea groups is 1. The van der Waals surface area contributed by atoms with Crippen molar-refractivity contribution in [3.8, 4) is 0 Å². The second-order valence-electron chi connectivity index (χ2n) is 14.2. The Labute approximate surface area is 277 Å². The molecule has 4 aliphatic rings. The van der Waals surface area contributed by atoms with Crippen molar-refractivity contribution < 1.29 is 14.3 Å². The van der Waals surface area contributed by atoms with Crippen LogP contribution in [-0.4, -0.2) is 83.3 Å². The molecule has 2 fully saturated rings. The Hall–Kier alpha value is -4.38. The zero-order chi connectivity index (χ0) is 32.7. The Balaban J connectivity index is 1.14. The number of aromatic nitrogens is 2. The first-order chi connectivity index (χ1) is 22.6. The van der Waals surface area contributed by atoms with E-state index in [0.717, 1.165) is 74.4 Å². The molecule has 1 unspecified atom stereocenters. The van der Waals surface area contributed by atoms with Gasteiger partial charge in [-0.2, -0.15) is 4.98 Å². The fraction of sp³-hybridized carbons (Fsp3) is 0.500. The first kappa shape index (κ1) is 31.2. The third kappa shape index (κ3) is 6.45. The molecule has 1 atom stereocenters.